The van der Waals surface area contributed by atoms with Crippen LogP contribution in [0.4, 0.5) is 0 Å². The molecule has 0 saturated heterocycles. The van der Waals surface area contributed by atoms with E-state index < -0.39 is 5.91 Å². The minimum absolute atomic E-state index is 0.165. The topological polar surface area (TPSA) is 77.1 Å². The molecule has 0 atom stereocenters. The van der Waals surface area contributed by atoms with Gasteiger partial charge in [0, 0.05) is 5.02 Å². The molecule has 5 nitrogen and oxygen atoms in total. The van der Waals surface area contributed by atoms with Gasteiger partial charge in [-0.2, -0.15) is 10.5 Å². The van der Waals surface area contributed by atoms with Crippen LogP contribution < -0.4 is 4.74 Å². The molecule has 0 aliphatic heterocycles. The molecule has 0 heterocycles. The highest BCUT2D eigenvalue weighted by Gasteiger charge is 2.19. The summed E-state index contributed by atoms with van der Waals surface area (Å²) >= 11 is 5.82. The number of nitrogens with zero attached hydrogens (tertiary/aromatic N) is 3. The Balaban J connectivity index is 3.12. The number of ether oxygens (including phenoxy) is 1. The zero-order valence-corrected chi connectivity index (χ0v) is 10.4. The van der Waals surface area contributed by atoms with Gasteiger partial charge >= 0.3 is 0 Å². The molecule has 92 valence electrons. The van der Waals surface area contributed by atoms with Gasteiger partial charge in [0.2, 0.25) is 0 Å². The van der Waals surface area contributed by atoms with E-state index in [2.05, 4.69) is 0 Å². The van der Waals surface area contributed by atoms with Gasteiger partial charge in [0.1, 0.15) is 18.8 Å². The molecule has 1 aromatic carbocycles. The molecule has 0 spiro atoms. The molecule has 6 heteroatoms. The van der Waals surface area contributed by atoms with Crippen LogP contribution in [-0.4, -0.2) is 31.0 Å². The van der Waals surface area contributed by atoms with Crippen molar-refractivity contribution in [2.24, 2.45) is 0 Å². The van der Waals surface area contributed by atoms with Crippen molar-refractivity contribution in [3.63, 3.8) is 0 Å². The third-order valence-corrected chi connectivity index (χ3v) is 2.44. The number of rotatable bonds is 4. The molecule has 1 rings (SSSR count). The molecule has 1 amide bonds. The lowest BCUT2D eigenvalue weighted by molar-refractivity contribution is 0.0791. The van der Waals surface area contributed by atoms with E-state index in [4.69, 9.17) is 26.9 Å². The molecule has 0 aliphatic carbocycles. The van der Waals surface area contributed by atoms with Crippen LogP contribution in [-0.2, 0) is 0 Å². The summed E-state index contributed by atoms with van der Waals surface area (Å²) in [6, 6.07) is 8.28. The van der Waals surface area contributed by atoms with Gasteiger partial charge in [0.05, 0.1) is 24.8 Å². The lowest BCUT2D eigenvalue weighted by Crippen LogP contribution is -2.32. The number of benzene rings is 1. The highest BCUT2D eigenvalue weighted by Crippen LogP contribution is 2.23. The highest BCUT2D eigenvalue weighted by molar-refractivity contribution is 6.31. The second-order valence-electron chi connectivity index (χ2n) is 3.32. The van der Waals surface area contributed by atoms with Gasteiger partial charge in [0.15, 0.2) is 0 Å². The molecule has 0 saturated carbocycles. The molecule has 0 bridgehead atoms. The van der Waals surface area contributed by atoms with E-state index >= 15 is 0 Å². The van der Waals surface area contributed by atoms with Crippen molar-refractivity contribution in [2.75, 3.05) is 20.2 Å². The van der Waals surface area contributed by atoms with Gasteiger partial charge in [-0.15, -0.1) is 0 Å². The Morgan fingerprint density at radius 3 is 2.50 bits per heavy atom. The maximum absolute atomic E-state index is 12.1. The molecule has 0 fully saturated rings. The molecular weight excluding hydrogens is 254 g/mol. The average Bonchev–Trinajstić information content (AvgIpc) is 2.37. The number of nitriles is 2. The van der Waals surface area contributed by atoms with Gasteiger partial charge < -0.3 is 9.64 Å². The van der Waals surface area contributed by atoms with Crippen LogP contribution in [0.1, 0.15) is 10.4 Å². The summed E-state index contributed by atoms with van der Waals surface area (Å²) in [5.41, 5.74) is 0.232. The minimum atomic E-state index is -0.461. The van der Waals surface area contributed by atoms with Crippen LogP contribution in [0.5, 0.6) is 5.75 Å². The van der Waals surface area contributed by atoms with Crippen molar-refractivity contribution < 1.29 is 9.53 Å². The number of methoxy groups -OCH3 is 1. The van der Waals surface area contributed by atoms with E-state index in [9.17, 15) is 4.79 Å². The third kappa shape index (κ3) is 3.13. The Bertz CT molecular complexity index is 515. The molecule has 0 N–H and O–H groups in total. The summed E-state index contributed by atoms with van der Waals surface area (Å²) in [4.78, 5) is 13.3. The first-order valence-corrected chi connectivity index (χ1v) is 5.38. The molecule has 0 aromatic heterocycles. The van der Waals surface area contributed by atoms with Crippen LogP contribution in [0.25, 0.3) is 0 Å². The number of hydrogen-bond acceptors (Lipinski definition) is 4. The van der Waals surface area contributed by atoms with E-state index in [1.54, 1.807) is 12.1 Å². The Morgan fingerprint density at radius 1 is 1.39 bits per heavy atom. The van der Waals surface area contributed by atoms with Crippen LogP contribution in [0.15, 0.2) is 18.2 Å². The molecule has 0 aliphatic rings. The lowest BCUT2D eigenvalue weighted by atomic mass is 10.1. The maximum atomic E-state index is 12.1. The van der Waals surface area contributed by atoms with Gasteiger partial charge in [0.25, 0.3) is 5.91 Å². The Morgan fingerprint density at radius 2 is 2.00 bits per heavy atom. The van der Waals surface area contributed by atoms with E-state index in [0.717, 1.165) is 4.90 Å². The first-order valence-electron chi connectivity index (χ1n) is 5.00. The summed E-state index contributed by atoms with van der Waals surface area (Å²) in [6.07, 6.45) is 0. The van der Waals surface area contributed by atoms with Crippen molar-refractivity contribution in [3.8, 4) is 17.9 Å². The third-order valence-electron chi connectivity index (χ3n) is 2.20. The van der Waals surface area contributed by atoms with E-state index in [0.29, 0.717) is 10.8 Å². The molecule has 0 unspecified atom stereocenters. The van der Waals surface area contributed by atoms with Crippen LogP contribution >= 0.6 is 11.6 Å². The van der Waals surface area contributed by atoms with E-state index in [1.807, 2.05) is 12.1 Å². The number of carbonyl (C=O) groups excluding carboxylic acids is 1. The van der Waals surface area contributed by atoms with Gasteiger partial charge in [-0.05, 0) is 18.2 Å². The molecule has 18 heavy (non-hydrogen) atoms. The average molecular weight is 264 g/mol. The van der Waals surface area contributed by atoms with Crippen molar-refractivity contribution in [1.82, 2.24) is 4.90 Å². The predicted molar refractivity (Wildman–Crippen MR) is 65.1 cm³/mol. The largest absolute Gasteiger partial charge is 0.496 e. The number of carbonyl (C=O) groups is 1. The fraction of sp³-hybridized carbons (Fsp3) is 0.250. The molecular formula is C12H10ClN3O2. The summed E-state index contributed by atoms with van der Waals surface area (Å²) < 4.78 is 5.06. The summed E-state index contributed by atoms with van der Waals surface area (Å²) in [5, 5.41) is 17.6. The van der Waals surface area contributed by atoms with Gasteiger partial charge in [-0.3, -0.25) is 4.79 Å². The number of hydrogen-bond donors (Lipinski definition) is 0. The summed E-state index contributed by atoms with van der Waals surface area (Å²) in [7, 11) is 1.43. The normalized spacial score (nSPS) is 9.11. The van der Waals surface area contributed by atoms with Crippen molar-refractivity contribution in [1.29, 1.82) is 10.5 Å². The fourth-order valence-electron chi connectivity index (χ4n) is 1.39. The van der Waals surface area contributed by atoms with Crippen LogP contribution in [0.2, 0.25) is 5.02 Å². The fourth-order valence-corrected chi connectivity index (χ4v) is 1.56. The van der Waals surface area contributed by atoms with Gasteiger partial charge in [-0.1, -0.05) is 11.6 Å². The van der Waals surface area contributed by atoms with E-state index in [1.165, 1.54) is 13.2 Å². The van der Waals surface area contributed by atoms with Crippen molar-refractivity contribution >= 4 is 17.5 Å². The predicted octanol–water partition coefficient (Wildman–Crippen LogP) is 1.84. The Labute approximate surface area is 110 Å². The second kappa shape index (κ2) is 6.48. The monoisotopic (exact) mass is 263 g/mol. The van der Waals surface area contributed by atoms with Crippen molar-refractivity contribution in [2.45, 2.75) is 0 Å². The zero-order chi connectivity index (χ0) is 13.5. The Hall–Kier alpha value is -2.24. The van der Waals surface area contributed by atoms with Crippen LogP contribution in [0, 0.1) is 22.7 Å². The van der Waals surface area contributed by atoms with Crippen molar-refractivity contribution in [3.05, 3.63) is 28.8 Å². The first-order chi connectivity index (χ1) is 8.63. The lowest BCUT2D eigenvalue weighted by Gasteiger charge is -2.17. The SMILES string of the molecule is COc1ccc(Cl)cc1C(=O)N(CC#N)CC#N. The summed E-state index contributed by atoms with van der Waals surface area (Å²) in [6.45, 7) is -0.329. The molecule has 1 aromatic rings. The standard InChI is InChI=1S/C12H10ClN3O2/c1-18-11-3-2-9(13)8-10(11)12(17)16(6-4-14)7-5-15/h2-3,8H,6-7H2,1H3. The Kier molecular flexibility index (Phi) is 4.98. The van der Waals surface area contributed by atoms with Gasteiger partial charge in [-0.25, -0.2) is 0 Å². The number of halogens is 1. The van der Waals surface area contributed by atoms with E-state index in [-0.39, 0.29) is 18.7 Å². The maximum Gasteiger partial charge on any atom is 0.259 e. The summed E-state index contributed by atoms with van der Waals surface area (Å²) in [5.74, 6) is -0.109. The first kappa shape index (κ1) is 13.8. The quantitative estimate of drug-likeness (QED) is 0.777. The highest BCUT2D eigenvalue weighted by atomic mass is 35.5. The van der Waals surface area contributed by atoms with Crippen LogP contribution in [0.3, 0.4) is 0 Å². The number of amides is 1. The minimum Gasteiger partial charge on any atom is -0.496 e. The zero-order valence-electron chi connectivity index (χ0n) is 9.68. The molecule has 0 radical (unpaired) electrons. The smallest absolute Gasteiger partial charge is 0.259 e. The second-order valence-corrected chi connectivity index (χ2v) is 3.76.